The van der Waals surface area contributed by atoms with Gasteiger partial charge in [0, 0.05) is 11.1 Å². The number of carbonyl (C=O) groups excluding carboxylic acids is 1. The number of benzene rings is 1. The Morgan fingerprint density at radius 3 is 2.59 bits per heavy atom. The summed E-state index contributed by atoms with van der Waals surface area (Å²) in [5, 5.41) is 14.8. The maximum Gasteiger partial charge on any atom is 0.257 e. The molecule has 1 aromatic heterocycles. The number of amides is 1. The van der Waals surface area contributed by atoms with Crippen LogP contribution in [0.15, 0.2) is 36.4 Å². The molecule has 0 aliphatic heterocycles. The van der Waals surface area contributed by atoms with Gasteiger partial charge in [0.15, 0.2) is 10.3 Å². The zero-order valence-electron chi connectivity index (χ0n) is 11.1. The van der Waals surface area contributed by atoms with E-state index in [2.05, 4.69) is 15.6 Å². The lowest BCUT2D eigenvalue weighted by molar-refractivity contribution is 0.0977. The van der Waals surface area contributed by atoms with Gasteiger partial charge in [-0.1, -0.05) is 41.4 Å². The van der Waals surface area contributed by atoms with E-state index in [9.17, 15) is 9.90 Å². The minimum absolute atomic E-state index is 0.0366. The first-order valence-corrected chi connectivity index (χ1v) is 7.31. The maximum atomic E-state index is 12.0. The fourth-order valence-electron chi connectivity index (χ4n) is 1.70. The molecule has 8 heteroatoms. The van der Waals surface area contributed by atoms with Gasteiger partial charge in [-0.15, -0.1) is 0 Å². The molecule has 1 heterocycles. The molecule has 114 valence electrons. The van der Waals surface area contributed by atoms with Gasteiger partial charge >= 0.3 is 0 Å². The number of pyridine rings is 1. The summed E-state index contributed by atoms with van der Waals surface area (Å²) in [4.78, 5) is 15.8. The third-order valence-electron chi connectivity index (χ3n) is 2.70. The molecule has 22 heavy (non-hydrogen) atoms. The van der Waals surface area contributed by atoms with E-state index in [0.717, 1.165) is 0 Å². The van der Waals surface area contributed by atoms with Gasteiger partial charge in [0.1, 0.15) is 5.15 Å². The van der Waals surface area contributed by atoms with Crippen molar-refractivity contribution in [3.8, 4) is 0 Å². The number of aromatic nitrogens is 1. The van der Waals surface area contributed by atoms with E-state index in [1.807, 2.05) is 0 Å². The van der Waals surface area contributed by atoms with Crippen molar-refractivity contribution in [2.24, 2.45) is 0 Å². The van der Waals surface area contributed by atoms with E-state index in [-0.39, 0.29) is 27.9 Å². The quantitative estimate of drug-likeness (QED) is 0.582. The van der Waals surface area contributed by atoms with E-state index in [1.54, 1.807) is 30.3 Å². The van der Waals surface area contributed by atoms with Crippen LogP contribution in [0, 0.1) is 0 Å². The molecule has 0 atom stereocenters. The lowest BCUT2D eigenvalue weighted by atomic mass is 10.2. The van der Waals surface area contributed by atoms with E-state index in [1.165, 1.54) is 6.07 Å². The molecule has 0 saturated carbocycles. The van der Waals surface area contributed by atoms with Crippen LogP contribution in [-0.4, -0.2) is 21.1 Å². The van der Waals surface area contributed by atoms with Crippen LogP contribution in [0.25, 0.3) is 0 Å². The van der Waals surface area contributed by atoms with Crippen LogP contribution in [0.2, 0.25) is 10.3 Å². The number of thiocarbonyl (C=S) groups is 1. The highest BCUT2D eigenvalue weighted by molar-refractivity contribution is 7.80. The van der Waals surface area contributed by atoms with Crippen LogP contribution in [-0.2, 0) is 6.61 Å². The molecule has 0 unspecified atom stereocenters. The van der Waals surface area contributed by atoms with Crippen molar-refractivity contribution >= 4 is 52.1 Å². The van der Waals surface area contributed by atoms with Crippen molar-refractivity contribution in [1.29, 1.82) is 0 Å². The van der Waals surface area contributed by atoms with Crippen molar-refractivity contribution in [3.63, 3.8) is 0 Å². The standard InChI is InChI=1S/C14H11Cl2N3O2S/c15-10-6-9(7-20)11(12(16)17-10)18-14(22)19-13(21)8-4-2-1-3-5-8/h1-6,20H,7H2,(H2,18,19,21,22). The Labute approximate surface area is 142 Å². The molecule has 2 rings (SSSR count). The van der Waals surface area contributed by atoms with Crippen molar-refractivity contribution < 1.29 is 9.90 Å². The molecule has 0 bridgehead atoms. The van der Waals surface area contributed by atoms with Gasteiger partial charge in [0.2, 0.25) is 0 Å². The Morgan fingerprint density at radius 2 is 1.95 bits per heavy atom. The van der Waals surface area contributed by atoms with Crippen molar-refractivity contribution in [3.05, 3.63) is 57.8 Å². The molecule has 0 spiro atoms. The van der Waals surface area contributed by atoms with Gasteiger partial charge < -0.3 is 10.4 Å². The van der Waals surface area contributed by atoms with Crippen molar-refractivity contribution in [2.45, 2.75) is 6.61 Å². The Hall–Kier alpha value is -1.73. The minimum atomic E-state index is -0.360. The van der Waals surface area contributed by atoms with E-state index >= 15 is 0 Å². The third kappa shape index (κ3) is 4.14. The van der Waals surface area contributed by atoms with Gasteiger partial charge in [-0.25, -0.2) is 4.98 Å². The molecule has 0 aliphatic carbocycles. The first-order valence-electron chi connectivity index (χ1n) is 6.14. The largest absolute Gasteiger partial charge is 0.392 e. The number of hydrogen-bond acceptors (Lipinski definition) is 4. The lowest BCUT2D eigenvalue weighted by Crippen LogP contribution is -2.34. The van der Waals surface area contributed by atoms with Gasteiger partial charge in [-0.2, -0.15) is 0 Å². The first-order chi connectivity index (χ1) is 10.5. The van der Waals surface area contributed by atoms with Crippen LogP contribution in [0.4, 0.5) is 5.69 Å². The molecule has 3 N–H and O–H groups in total. The fraction of sp³-hybridized carbons (Fsp3) is 0.0714. The lowest BCUT2D eigenvalue weighted by Gasteiger charge is -2.13. The second kappa shape index (κ2) is 7.51. The van der Waals surface area contributed by atoms with Gasteiger partial charge in [-0.05, 0) is 30.4 Å². The predicted octanol–water partition coefficient (Wildman–Crippen LogP) is 3.01. The molecular weight excluding hydrogens is 345 g/mol. The number of carbonyl (C=O) groups is 1. The van der Waals surface area contributed by atoms with E-state index in [4.69, 9.17) is 35.4 Å². The summed E-state index contributed by atoms with van der Waals surface area (Å²) in [5.74, 6) is -0.360. The summed E-state index contributed by atoms with van der Waals surface area (Å²) >= 11 is 16.8. The summed E-state index contributed by atoms with van der Waals surface area (Å²) in [6.07, 6.45) is 0. The number of nitrogens with zero attached hydrogens (tertiary/aromatic N) is 1. The van der Waals surface area contributed by atoms with Crippen LogP contribution < -0.4 is 10.6 Å². The highest BCUT2D eigenvalue weighted by Gasteiger charge is 2.13. The van der Waals surface area contributed by atoms with Crippen molar-refractivity contribution in [1.82, 2.24) is 10.3 Å². The molecule has 2 aromatic rings. The highest BCUT2D eigenvalue weighted by Crippen LogP contribution is 2.27. The molecular formula is C14H11Cl2N3O2S. The molecule has 0 fully saturated rings. The fourth-order valence-corrected chi connectivity index (χ4v) is 2.41. The Morgan fingerprint density at radius 1 is 1.27 bits per heavy atom. The zero-order valence-corrected chi connectivity index (χ0v) is 13.5. The summed E-state index contributed by atoms with van der Waals surface area (Å²) in [5.41, 5.74) is 1.18. The second-order valence-electron chi connectivity index (χ2n) is 4.20. The van der Waals surface area contributed by atoms with Gasteiger partial charge in [0.25, 0.3) is 5.91 Å². The van der Waals surface area contributed by atoms with Crippen LogP contribution in [0.1, 0.15) is 15.9 Å². The van der Waals surface area contributed by atoms with Gasteiger partial charge in [-0.3, -0.25) is 10.1 Å². The van der Waals surface area contributed by atoms with Crippen LogP contribution in [0.3, 0.4) is 0 Å². The number of aliphatic hydroxyl groups is 1. The van der Waals surface area contributed by atoms with E-state index in [0.29, 0.717) is 16.8 Å². The number of anilines is 1. The highest BCUT2D eigenvalue weighted by atomic mass is 35.5. The summed E-state index contributed by atoms with van der Waals surface area (Å²) in [6.45, 7) is -0.306. The minimum Gasteiger partial charge on any atom is -0.392 e. The number of nitrogens with one attached hydrogen (secondary N) is 2. The normalized spacial score (nSPS) is 10.1. The predicted molar refractivity (Wildman–Crippen MR) is 90.3 cm³/mol. The van der Waals surface area contributed by atoms with Crippen LogP contribution >= 0.6 is 35.4 Å². The Balaban J connectivity index is 2.11. The maximum absolute atomic E-state index is 12.0. The zero-order chi connectivity index (χ0) is 16.1. The molecule has 0 aliphatic rings. The summed E-state index contributed by atoms with van der Waals surface area (Å²) in [6, 6.07) is 10.1. The topological polar surface area (TPSA) is 74.2 Å². The molecule has 1 amide bonds. The number of hydrogen-bond donors (Lipinski definition) is 3. The Bertz CT molecular complexity index is 711. The smallest absolute Gasteiger partial charge is 0.257 e. The Kier molecular flexibility index (Phi) is 5.68. The number of aliphatic hydroxyl groups excluding tert-OH is 1. The molecule has 1 aromatic carbocycles. The SMILES string of the molecule is O=C(NC(=S)Nc1c(CO)cc(Cl)nc1Cl)c1ccccc1. The third-order valence-corrected chi connectivity index (χ3v) is 3.37. The average Bonchev–Trinajstić information content (AvgIpc) is 2.50. The molecule has 0 saturated heterocycles. The first kappa shape index (κ1) is 16.6. The summed E-state index contributed by atoms with van der Waals surface area (Å²) in [7, 11) is 0. The molecule has 0 radical (unpaired) electrons. The van der Waals surface area contributed by atoms with Gasteiger partial charge in [0.05, 0.1) is 12.3 Å². The van der Waals surface area contributed by atoms with Crippen molar-refractivity contribution in [2.75, 3.05) is 5.32 Å². The molecule has 5 nitrogen and oxygen atoms in total. The average molecular weight is 356 g/mol. The van der Waals surface area contributed by atoms with Crippen LogP contribution in [0.5, 0.6) is 0 Å². The second-order valence-corrected chi connectivity index (χ2v) is 5.36. The number of halogens is 2. The summed E-state index contributed by atoms with van der Waals surface area (Å²) < 4.78 is 0. The monoisotopic (exact) mass is 355 g/mol. The number of rotatable bonds is 3. The van der Waals surface area contributed by atoms with E-state index < -0.39 is 0 Å².